The van der Waals surface area contributed by atoms with E-state index in [2.05, 4.69) is 10.2 Å². The lowest BCUT2D eigenvalue weighted by Crippen LogP contribution is -2.24. The lowest BCUT2D eigenvalue weighted by molar-refractivity contribution is 0.0522. The second kappa shape index (κ2) is 5.20. The predicted octanol–water partition coefficient (Wildman–Crippen LogP) is 2.55. The van der Waals surface area contributed by atoms with Crippen molar-refractivity contribution in [3.05, 3.63) is 39.0 Å². The zero-order valence-corrected chi connectivity index (χ0v) is 11.8. The SMILES string of the molecule is CCOC(=O)c1c(C2CC2)c(-c2cccs2)n[nH]c1=O. The van der Waals surface area contributed by atoms with Crippen LogP contribution in [0.4, 0.5) is 0 Å². The lowest BCUT2D eigenvalue weighted by atomic mass is 10.0. The van der Waals surface area contributed by atoms with E-state index in [1.807, 2.05) is 17.5 Å². The Morgan fingerprint density at radius 1 is 1.55 bits per heavy atom. The Balaban J connectivity index is 2.20. The molecule has 0 bridgehead atoms. The molecule has 0 radical (unpaired) electrons. The highest BCUT2D eigenvalue weighted by Crippen LogP contribution is 2.45. The van der Waals surface area contributed by atoms with Gasteiger partial charge in [-0.2, -0.15) is 5.10 Å². The number of nitrogens with zero attached hydrogens (tertiary/aromatic N) is 1. The van der Waals surface area contributed by atoms with Gasteiger partial charge in [0.05, 0.1) is 11.5 Å². The van der Waals surface area contributed by atoms with E-state index in [1.54, 1.807) is 6.92 Å². The summed E-state index contributed by atoms with van der Waals surface area (Å²) >= 11 is 1.54. The molecule has 0 unspecified atom stereocenters. The van der Waals surface area contributed by atoms with Gasteiger partial charge in [0, 0.05) is 5.56 Å². The molecule has 104 valence electrons. The minimum atomic E-state index is -0.559. The average Bonchev–Trinajstić information content (AvgIpc) is 3.13. The highest BCUT2D eigenvalue weighted by atomic mass is 32.1. The lowest BCUT2D eigenvalue weighted by Gasteiger charge is -2.10. The number of H-pyrrole nitrogens is 1. The first-order valence-electron chi connectivity index (χ1n) is 6.56. The van der Waals surface area contributed by atoms with E-state index in [1.165, 1.54) is 11.3 Å². The Labute approximate surface area is 119 Å². The largest absolute Gasteiger partial charge is 0.462 e. The van der Waals surface area contributed by atoms with Gasteiger partial charge in [-0.3, -0.25) is 4.79 Å². The van der Waals surface area contributed by atoms with E-state index < -0.39 is 11.5 Å². The smallest absolute Gasteiger partial charge is 0.344 e. The van der Waals surface area contributed by atoms with Gasteiger partial charge in [-0.1, -0.05) is 6.07 Å². The molecule has 0 amide bonds. The fourth-order valence-electron chi connectivity index (χ4n) is 2.24. The topological polar surface area (TPSA) is 72.0 Å². The van der Waals surface area contributed by atoms with Crippen molar-refractivity contribution in [3.8, 4) is 10.6 Å². The van der Waals surface area contributed by atoms with Gasteiger partial charge in [0.1, 0.15) is 11.3 Å². The highest BCUT2D eigenvalue weighted by molar-refractivity contribution is 7.13. The number of carbonyl (C=O) groups excluding carboxylic acids is 1. The summed E-state index contributed by atoms with van der Waals surface area (Å²) in [4.78, 5) is 25.0. The molecule has 0 aliphatic heterocycles. The summed E-state index contributed by atoms with van der Waals surface area (Å²) in [6.45, 7) is 1.98. The molecular formula is C14H14N2O3S. The minimum Gasteiger partial charge on any atom is -0.462 e. The van der Waals surface area contributed by atoms with Crippen LogP contribution in [-0.2, 0) is 4.74 Å². The highest BCUT2D eigenvalue weighted by Gasteiger charge is 2.34. The van der Waals surface area contributed by atoms with Crippen LogP contribution in [0.1, 0.15) is 41.6 Å². The second-order valence-corrected chi connectivity index (χ2v) is 5.61. The van der Waals surface area contributed by atoms with E-state index in [0.717, 1.165) is 23.3 Å². The van der Waals surface area contributed by atoms with E-state index in [9.17, 15) is 9.59 Å². The monoisotopic (exact) mass is 290 g/mol. The molecule has 0 aromatic carbocycles. The third kappa shape index (κ3) is 2.27. The summed E-state index contributed by atoms with van der Waals surface area (Å²) in [5, 5.41) is 8.52. The van der Waals surface area contributed by atoms with Gasteiger partial charge in [0.2, 0.25) is 0 Å². The number of esters is 1. The summed E-state index contributed by atoms with van der Waals surface area (Å²) in [5.74, 6) is -0.322. The van der Waals surface area contributed by atoms with Gasteiger partial charge >= 0.3 is 5.97 Å². The standard InChI is InChI=1S/C14H14N2O3S/c1-2-19-14(18)11-10(8-5-6-8)12(15-16-13(11)17)9-4-3-7-20-9/h3-4,7-8H,2,5-6H2,1H3,(H,16,17). The normalized spacial score (nSPS) is 14.2. The van der Waals surface area contributed by atoms with Crippen molar-refractivity contribution < 1.29 is 9.53 Å². The first kappa shape index (κ1) is 13.1. The molecule has 0 atom stereocenters. The maximum atomic E-state index is 12.1. The zero-order chi connectivity index (χ0) is 14.1. The fourth-order valence-corrected chi connectivity index (χ4v) is 2.97. The summed E-state index contributed by atoms with van der Waals surface area (Å²) in [7, 11) is 0. The van der Waals surface area contributed by atoms with Crippen LogP contribution >= 0.6 is 11.3 Å². The van der Waals surface area contributed by atoms with Crippen molar-refractivity contribution in [1.29, 1.82) is 0 Å². The van der Waals surface area contributed by atoms with E-state index >= 15 is 0 Å². The van der Waals surface area contributed by atoms with Crippen LogP contribution in [0.25, 0.3) is 10.6 Å². The van der Waals surface area contributed by atoms with Gasteiger partial charge in [0.25, 0.3) is 5.56 Å². The molecule has 2 heterocycles. The van der Waals surface area contributed by atoms with Crippen LogP contribution in [0.3, 0.4) is 0 Å². The van der Waals surface area contributed by atoms with Gasteiger partial charge < -0.3 is 4.74 Å². The molecule has 2 aromatic rings. The van der Waals surface area contributed by atoms with E-state index in [-0.39, 0.29) is 18.1 Å². The Morgan fingerprint density at radius 2 is 2.35 bits per heavy atom. The Kier molecular flexibility index (Phi) is 3.40. The first-order valence-corrected chi connectivity index (χ1v) is 7.44. The summed E-state index contributed by atoms with van der Waals surface area (Å²) in [5.41, 5.74) is 1.10. The molecule has 1 saturated carbocycles. The van der Waals surface area contributed by atoms with Crippen LogP contribution in [-0.4, -0.2) is 22.8 Å². The Hall–Kier alpha value is -1.95. The molecule has 3 rings (SSSR count). The second-order valence-electron chi connectivity index (χ2n) is 4.66. The third-order valence-electron chi connectivity index (χ3n) is 3.24. The number of rotatable bonds is 4. The molecule has 0 spiro atoms. The van der Waals surface area contributed by atoms with Crippen LogP contribution in [0.2, 0.25) is 0 Å². The van der Waals surface area contributed by atoms with Crippen molar-refractivity contribution in [1.82, 2.24) is 10.2 Å². The number of carbonyl (C=O) groups is 1. The van der Waals surface area contributed by atoms with Crippen molar-refractivity contribution >= 4 is 17.3 Å². The molecule has 1 N–H and O–H groups in total. The number of thiophene rings is 1. The first-order chi connectivity index (χ1) is 9.72. The van der Waals surface area contributed by atoms with Gasteiger partial charge in [-0.05, 0) is 37.1 Å². The number of hydrogen-bond acceptors (Lipinski definition) is 5. The molecule has 20 heavy (non-hydrogen) atoms. The minimum absolute atomic E-state index is 0.118. The number of hydrogen-bond donors (Lipinski definition) is 1. The number of nitrogens with one attached hydrogen (secondary N) is 1. The molecule has 0 saturated heterocycles. The van der Waals surface area contributed by atoms with Crippen LogP contribution in [0, 0.1) is 0 Å². The molecule has 5 nitrogen and oxygen atoms in total. The molecular weight excluding hydrogens is 276 g/mol. The fraction of sp³-hybridized carbons (Fsp3) is 0.357. The maximum Gasteiger partial charge on any atom is 0.344 e. The van der Waals surface area contributed by atoms with Crippen molar-refractivity contribution in [2.75, 3.05) is 6.61 Å². The van der Waals surface area contributed by atoms with Gasteiger partial charge in [0.15, 0.2) is 0 Å². The van der Waals surface area contributed by atoms with Crippen molar-refractivity contribution in [2.45, 2.75) is 25.7 Å². The summed E-state index contributed by atoms with van der Waals surface area (Å²) < 4.78 is 5.02. The van der Waals surface area contributed by atoms with Crippen LogP contribution in [0.15, 0.2) is 22.3 Å². The predicted molar refractivity (Wildman–Crippen MR) is 76.1 cm³/mol. The Morgan fingerprint density at radius 3 is 2.95 bits per heavy atom. The Bertz CT molecular complexity index is 687. The third-order valence-corrected chi connectivity index (χ3v) is 4.12. The molecule has 1 fully saturated rings. The average molecular weight is 290 g/mol. The number of aromatic nitrogens is 2. The van der Waals surface area contributed by atoms with Crippen molar-refractivity contribution in [2.24, 2.45) is 0 Å². The molecule has 6 heteroatoms. The molecule has 2 aromatic heterocycles. The van der Waals surface area contributed by atoms with Gasteiger partial charge in [-0.15, -0.1) is 11.3 Å². The van der Waals surface area contributed by atoms with Crippen LogP contribution in [0.5, 0.6) is 0 Å². The van der Waals surface area contributed by atoms with E-state index in [4.69, 9.17) is 4.74 Å². The maximum absolute atomic E-state index is 12.1. The molecule has 1 aliphatic carbocycles. The quantitative estimate of drug-likeness (QED) is 0.878. The van der Waals surface area contributed by atoms with Crippen molar-refractivity contribution in [3.63, 3.8) is 0 Å². The number of ether oxygens (including phenoxy) is 1. The summed E-state index contributed by atoms with van der Waals surface area (Å²) in [6, 6.07) is 3.86. The summed E-state index contributed by atoms with van der Waals surface area (Å²) in [6.07, 6.45) is 1.96. The van der Waals surface area contributed by atoms with E-state index in [0.29, 0.717) is 5.69 Å². The van der Waals surface area contributed by atoms with Gasteiger partial charge in [-0.25, -0.2) is 9.89 Å². The zero-order valence-electron chi connectivity index (χ0n) is 11.0. The number of aromatic amines is 1. The molecule has 1 aliphatic rings. The van der Waals surface area contributed by atoms with Crippen LogP contribution < -0.4 is 5.56 Å².